The summed E-state index contributed by atoms with van der Waals surface area (Å²) in [6.45, 7) is 4.08. The van der Waals surface area contributed by atoms with Gasteiger partial charge in [-0.2, -0.15) is 0 Å². The lowest BCUT2D eigenvalue weighted by Crippen LogP contribution is -2.31. The van der Waals surface area contributed by atoms with Crippen LogP contribution in [0.25, 0.3) is 0 Å². The average Bonchev–Trinajstić information content (AvgIpc) is 2.83. The standard InChI is InChI=1S/C15H19N3OS/c1-10-4-6-12(7-5-10)11(2)18(3)14(19)8-13-9-20-15(16)17-13/h4-7,9,11H,8H2,1-3H3,(H2,16,17). The summed E-state index contributed by atoms with van der Waals surface area (Å²) < 4.78 is 0. The van der Waals surface area contributed by atoms with Crippen molar-refractivity contribution in [2.45, 2.75) is 26.3 Å². The van der Waals surface area contributed by atoms with Crippen molar-refractivity contribution in [3.05, 3.63) is 46.5 Å². The summed E-state index contributed by atoms with van der Waals surface area (Å²) in [5.74, 6) is 0.0448. The third-order valence-corrected chi connectivity index (χ3v) is 4.16. The zero-order valence-electron chi connectivity index (χ0n) is 12.0. The lowest BCUT2D eigenvalue weighted by Gasteiger charge is -2.25. The molecule has 2 aromatic rings. The molecule has 1 atom stereocenters. The SMILES string of the molecule is Cc1ccc(C(C)N(C)C(=O)Cc2csc(N)n2)cc1. The second kappa shape index (κ2) is 6.05. The van der Waals surface area contributed by atoms with Gasteiger partial charge in [0.2, 0.25) is 5.91 Å². The molecule has 1 heterocycles. The Bertz CT molecular complexity index is 591. The van der Waals surface area contributed by atoms with Gasteiger partial charge in [0.05, 0.1) is 18.2 Å². The van der Waals surface area contributed by atoms with Gasteiger partial charge in [-0.15, -0.1) is 11.3 Å². The van der Waals surface area contributed by atoms with Crippen molar-refractivity contribution in [1.29, 1.82) is 0 Å². The Kier molecular flexibility index (Phi) is 4.39. The van der Waals surface area contributed by atoms with Crippen LogP contribution in [0.4, 0.5) is 5.13 Å². The number of nitrogens with zero attached hydrogens (tertiary/aromatic N) is 2. The molecule has 0 aliphatic rings. The molecule has 2 rings (SSSR count). The van der Waals surface area contributed by atoms with E-state index in [1.54, 1.807) is 4.90 Å². The first-order chi connectivity index (χ1) is 9.47. The van der Waals surface area contributed by atoms with Gasteiger partial charge in [-0.1, -0.05) is 29.8 Å². The number of nitrogen functional groups attached to an aromatic ring is 1. The van der Waals surface area contributed by atoms with Crippen molar-refractivity contribution in [1.82, 2.24) is 9.88 Å². The summed E-state index contributed by atoms with van der Waals surface area (Å²) >= 11 is 1.36. The van der Waals surface area contributed by atoms with Gasteiger partial charge in [-0.25, -0.2) is 4.98 Å². The Labute approximate surface area is 123 Å². The summed E-state index contributed by atoms with van der Waals surface area (Å²) in [6, 6.07) is 8.28. The number of aryl methyl sites for hydroxylation is 1. The zero-order valence-corrected chi connectivity index (χ0v) is 12.8. The number of amides is 1. The highest BCUT2D eigenvalue weighted by molar-refractivity contribution is 7.13. The Morgan fingerprint density at radius 1 is 1.40 bits per heavy atom. The van der Waals surface area contributed by atoms with Gasteiger partial charge in [-0.3, -0.25) is 4.79 Å². The number of carbonyl (C=O) groups is 1. The Morgan fingerprint density at radius 3 is 2.60 bits per heavy atom. The maximum atomic E-state index is 12.3. The Balaban J connectivity index is 2.04. The van der Waals surface area contributed by atoms with E-state index in [1.165, 1.54) is 16.9 Å². The molecule has 0 aliphatic heterocycles. The number of likely N-dealkylation sites (N-methyl/N-ethyl adjacent to an activating group) is 1. The number of benzene rings is 1. The molecule has 0 fully saturated rings. The van der Waals surface area contributed by atoms with E-state index in [0.29, 0.717) is 11.6 Å². The number of hydrogen-bond donors (Lipinski definition) is 1. The van der Waals surface area contributed by atoms with Crippen molar-refractivity contribution in [2.24, 2.45) is 0 Å². The summed E-state index contributed by atoms with van der Waals surface area (Å²) in [7, 11) is 1.82. The second-order valence-electron chi connectivity index (χ2n) is 4.95. The van der Waals surface area contributed by atoms with Gasteiger partial charge < -0.3 is 10.6 Å². The third kappa shape index (κ3) is 3.36. The van der Waals surface area contributed by atoms with Crippen LogP contribution >= 0.6 is 11.3 Å². The highest BCUT2D eigenvalue weighted by Gasteiger charge is 2.18. The van der Waals surface area contributed by atoms with Crippen molar-refractivity contribution >= 4 is 22.4 Å². The zero-order chi connectivity index (χ0) is 14.7. The monoisotopic (exact) mass is 289 g/mol. The third-order valence-electron chi connectivity index (χ3n) is 3.44. The van der Waals surface area contributed by atoms with Crippen LogP contribution in [0.3, 0.4) is 0 Å². The predicted molar refractivity (Wildman–Crippen MR) is 82.6 cm³/mol. The number of aromatic nitrogens is 1. The lowest BCUT2D eigenvalue weighted by atomic mass is 10.1. The van der Waals surface area contributed by atoms with Gasteiger partial charge in [0.15, 0.2) is 5.13 Å². The normalized spacial score (nSPS) is 12.2. The molecule has 106 valence electrons. The summed E-state index contributed by atoms with van der Waals surface area (Å²) in [4.78, 5) is 18.1. The molecular formula is C15H19N3OS. The van der Waals surface area contributed by atoms with Crippen LogP contribution in [0, 0.1) is 6.92 Å². The lowest BCUT2D eigenvalue weighted by molar-refractivity contribution is -0.131. The van der Waals surface area contributed by atoms with E-state index in [4.69, 9.17) is 5.73 Å². The topological polar surface area (TPSA) is 59.2 Å². The number of carbonyl (C=O) groups excluding carboxylic acids is 1. The van der Waals surface area contributed by atoms with Crippen molar-refractivity contribution in [3.8, 4) is 0 Å². The minimum Gasteiger partial charge on any atom is -0.375 e. The molecule has 0 bridgehead atoms. The van der Waals surface area contributed by atoms with Crippen molar-refractivity contribution in [3.63, 3.8) is 0 Å². The van der Waals surface area contributed by atoms with Gasteiger partial charge in [0.25, 0.3) is 0 Å². The van der Waals surface area contributed by atoms with Crippen molar-refractivity contribution < 1.29 is 4.79 Å². The second-order valence-corrected chi connectivity index (χ2v) is 5.83. The molecule has 1 unspecified atom stereocenters. The van der Waals surface area contributed by atoms with Crippen LogP contribution in [-0.2, 0) is 11.2 Å². The van der Waals surface area contributed by atoms with Crippen LogP contribution in [0.2, 0.25) is 0 Å². The van der Waals surface area contributed by atoms with E-state index >= 15 is 0 Å². The minimum absolute atomic E-state index is 0.0408. The first-order valence-electron chi connectivity index (χ1n) is 6.49. The fourth-order valence-electron chi connectivity index (χ4n) is 1.97. The van der Waals surface area contributed by atoms with Gasteiger partial charge in [0, 0.05) is 12.4 Å². The van der Waals surface area contributed by atoms with E-state index in [1.807, 2.05) is 19.4 Å². The molecule has 0 spiro atoms. The van der Waals surface area contributed by atoms with Crippen LogP contribution in [0.1, 0.15) is 29.8 Å². The number of hydrogen-bond acceptors (Lipinski definition) is 4. The fraction of sp³-hybridized carbons (Fsp3) is 0.333. The molecule has 1 aromatic heterocycles. The number of thiazole rings is 1. The smallest absolute Gasteiger partial charge is 0.228 e. The maximum absolute atomic E-state index is 12.3. The Hall–Kier alpha value is -1.88. The molecule has 20 heavy (non-hydrogen) atoms. The van der Waals surface area contributed by atoms with Crippen LogP contribution in [0.5, 0.6) is 0 Å². The first kappa shape index (κ1) is 14.5. The van der Waals surface area contributed by atoms with Crippen molar-refractivity contribution in [2.75, 3.05) is 12.8 Å². The number of rotatable bonds is 4. The summed E-state index contributed by atoms with van der Waals surface area (Å²) in [6.07, 6.45) is 0.292. The molecule has 5 heteroatoms. The molecule has 0 radical (unpaired) electrons. The number of anilines is 1. The quantitative estimate of drug-likeness (QED) is 0.941. The average molecular weight is 289 g/mol. The summed E-state index contributed by atoms with van der Waals surface area (Å²) in [5.41, 5.74) is 8.66. The summed E-state index contributed by atoms with van der Waals surface area (Å²) in [5, 5.41) is 2.33. The molecule has 4 nitrogen and oxygen atoms in total. The van der Waals surface area contributed by atoms with E-state index < -0.39 is 0 Å². The fourth-order valence-corrected chi connectivity index (χ4v) is 2.53. The molecule has 0 saturated carbocycles. The van der Waals surface area contributed by atoms with E-state index in [0.717, 1.165) is 11.3 Å². The molecule has 1 aromatic carbocycles. The predicted octanol–water partition coefficient (Wildman–Crippen LogP) is 2.80. The first-order valence-corrected chi connectivity index (χ1v) is 7.37. The highest BCUT2D eigenvalue weighted by Crippen LogP contribution is 2.20. The van der Waals surface area contributed by atoms with E-state index in [9.17, 15) is 4.79 Å². The van der Waals surface area contributed by atoms with Gasteiger partial charge in [0.1, 0.15) is 0 Å². The molecule has 2 N–H and O–H groups in total. The minimum atomic E-state index is 0.0408. The molecule has 1 amide bonds. The van der Waals surface area contributed by atoms with Gasteiger partial charge >= 0.3 is 0 Å². The molecule has 0 aliphatic carbocycles. The molecular weight excluding hydrogens is 270 g/mol. The van der Waals surface area contributed by atoms with Gasteiger partial charge in [-0.05, 0) is 19.4 Å². The maximum Gasteiger partial charge on any atom is 0.228 e. The van der Waals surface area contributed by atoms with Crippen LogP contribution in [-0.4, -0.2) is 22.8 Å². The Morgan fingerprint density at radius 2 is 2.05 bits per heavy atom. The van der Waals surface area contributed by atoms with Crippen LogP contribution in [0.15, 0.2) is 29.6 Å². The molecule has 0 saturated heterocycles. The van der Waals surface area contributed by atoms with E-state index in [-0.39, 0.29) is 11.9 Å². The van der Waals surface area contributed by atoms with E-state index in [2.05, 4.69) is 36.2 Å². The van der Waals surface area contributed by atoms with Crippen LogP contribution < -0.4 is 5.73 Å². The highest BCUT2D eigenvalue weighted by atomic mass is 32.1. The largest absolute Gasteiger partial charge is 0.375 e. The number of nitrogens with two attached hydrogens (primary N) is 1.